The summed E-state index contributed by atoms with van der Waals surface area (Å²) in [6.45, 7) is 8.73. The molecule has 0 aliphatic heterocycles. The van der Waals surface area contributed by atoms with E-state index in [0.29, 0.717) is 0 Å². The van der Waals surface area contributed by atoms with Crippen molar-refractivity contribution in [2.75, 3.05) is 0 Å². The van der Waals surface area contributed by atoms with E-state index in [4.69, 9.17) is 0 Å². The smallest absolute Gasteiger partial charge is 0.126 e. The Morgan fingerprint density at radius 3 is 2.60 bits per heavy atom. The lowest BCUT2D eigenvalue weighted by Crippen LogP contribution is -2.19. The maximum Gasteiger partial charge on any atom is 0.126 e. The minimum atomic E-state index is 0.0306. The Morgan fingerprint density at radius 2 is 2.07 bits per heavy atom. The number of rotatable bonds is 3. The summed E-state index contributed by atoms with van der Waals surface area (Å²) in [7, 11) is 0. The lowest BCUT2D eigenvalue weighted by atomic mass is 9.72. The summed E-state index contributed by atoms with van der Waals surface area (Å²) in [5.74, 6) is 0.0306. The van der Waals surface area contributed by atoms with Crippen molar-refractivity contribution in [2.45, 2.75) is 47.0 Å². The molecule has 1 heteroatoms. The van der Waals surface area contributed by atoms with Crippen LogP contribution in [-0.2, 0) is 4.79 Å². The lowest BCUT2D eigenvalue weighted by Gasteiger charge is -2.33. The normalized spacial score (nSPS) is 23.2. The van der Waals surface area contributed by atoms with E-state index in [1.807, 2.05) is 13.0 Å². The topological polar surface area (TPSA) is 17.1 Å². The lowest BCUT2D eigenvalue weighted by molar-refractivity contribution is -0.109. The Morgan fingerprint density at radius 1 is 1.40 bits per heavy atom. The van der Waals surface area contributed by atoms with Crippen LogP contribution < -0.4 is 0 Å². The van der Waals surface area contributed by atoms with E-state index in [0.717, 1.165) is 6.29 Å². The minimum absolute atomic E-state index is 0.0306. The first-order valence-corrected chi connectivity index (χ1v) is 5.81. The van der Waals surface area contributed by atoms with Gasteiger partial charge in [0.05, 0.1) is 0 Å². The largest absolute Gasteiger partial charge is 0.303 e. The van der Waals surface area contributed by atoms with Gasteiger partial charge >= 0.3 is 0 Å². The molecule has 15 heavy (non-hydrogen) atoms. The highest BCUT2D eigenvalue weighted by Gasteiger charge is 2.26. The van der Waals surface area contributed by atoms with Crippen LogP contribution in [0.5, 0.6) is 0 Å². The molecule has 0 amide bonds. The molecule has 0 N–H and O–H groups in total. The molecule has 0 radical (unpaired) electrons. The second-order valence-corrected chi connectivity index (χ2v) is 5.29. The zero-order valence-corrected chi connectivity index (χ0v) is 10.3. The van der Waals surface area contributed by atoms with Crippen LogP contribution in [0.1, 0.15) is 47.0 Å². The van der Waals surface area contributed by atoms with Gasteiger partial charge in [0.1, 0.15) is 6.29 Å². The first-order valence-electron chi connectivity index (χ1n) is 5.81. The third-order valence-corrected chi connectivity index (χ3v) is 3.32. The van der Waals surface area contributed by atoms with E-state index >= 15 is 0 Å². The summed E-state index contributed by atoms with van der Waals surface area (Å²) in [6, 6.07) is 0. The first kappa shape index (κ1) is 12.2. The molecule has 0 fully saturated rings. The van der Waals surface area contributed by atoms with Gasteiger partial charge < -0.3 is 4.79 Å². The SMILES string of the molecule is CC1=C(C=CC(C)C=O)C(C)(C)CCC1. The average Bonchev–Trinajstić information content (AvgIpc) is 2.15. The molecule has 0 aromatic heterocycles. The van der Waals surface area contributed by atoms with Crippen molar-refractivity contribution in [3.05, 3.63) is 23.3 Å². The Labute approximate surface area is 93.3 Å². The number of carbonyl (C=O) groups is 1. The highest BCUT2D eigenvalue weighted by Crippen LogP contribution is 2.40. The average molecular weight is 206 g/mol. The fourth-order valence-electron chi connectivity index (χ4n) is 2.30. The predicted molar refractivity (Wildman–Crippen MR) is 64.7 cm³/mol. The van der Waals surface area contributed by atoms with Crippen molar-refractivity contribution >= 4 is 6.29 Å². The maximum absolute atomic E-state index is 10.6. The quantitative estimate of drug-likeness (QED) is 0.640. The van der Waals surface area contributed by atoms with Gasteiger partial charge in [0.2, 0.25) is 0 Å². The van der Waals surface area contributed by atoms with Crippen LogP contribution in [0.2, 0.25) is 0 Å². The summed E-state index contributed by atoms with van der Waals surface area (Å²) >= 11 is 0. The molecule has 1 unspecified atom stereocenters. The van der Waals surface area contributed by atoms with Crippen LogP contribution in [0.15, 0.2) is 23.3 Å². The van der Waals surface area contributed by atoms with Crippen LogP contribution >= 0.6 is 0 Å². The van der Waals surface area contributed by atoms with Crippen molar-refractivity contribution in [1.29, 1.82) is 0 Å². The van der Waals surface area contributed by atoms with Gasteiger partial charge in [0.15, 0.2) is 0 Å². The summed E-state index contributed by atoms with van der Waals surface area (Å²) in [6.07, 6.45) is 8.91. The molecule has 1 atom stereocenters. The van der Waals surface area contributed by atoms with Crippen LogP contribution in [-0.4, -0.2) is 6.29 Å². The number of hydrogen-bond donors (Lipinski definition) is 0. The van der Waals surface area contributed by atoms with E-state index in [9.17, 15) is 4.79 Å². The third-order valence-electron chi connectivity index (χ3n) is 3.32. The zero-order chi connectivity index (χ0) is 11.5. The van der Waals surface area contributed by atoms with Crippen molar-refractivity contribution in [1.82, 2.24) is 0 Å². The van der Waals surface area contributed by atoms with Crippen LogP contribution in [0.25, 0.3) is 0 Å². The van der Waals surface area contributed by atoms with Crippen LogP contribution in [0, 0.1) is 11.3 Å². The summed E-state index contributed by atoms with van der Waals surface area (Å²) < 4.78 is 0. The highest BCUT2D eigenvalue weighted by atomic mass is 16.1. The second kappa shape index (κ2) is 4.78. The number of hydrogen-bond acceptors (Lipinski definition) is 1. The molecule has 0 spiro atoms. The third kappa shape index (κ3) is 3.05. The van der Waals surface area contributed by atoms with Gasteiger partial charge in [-0.1, -0.05) is 38.5 Å². The molecule has 0 saturated heterocycles. The molecule has 0 saturated carbocycles. The summed E-state index contributed by atoms with van der Waals surface area (Å²) in [5.41, 5.74) is 3.20. The van der Waals surface area contributed by atoms with Gasteiger partial charge in [-0.3, -0.25) is 0 Å². The highest BCUT2D eigenvalue weighted by molar-refractivity contribution is 5.56. The monoisotopic (exact) mass is 206 g/mol. The Hall–Kier alpha value is -0.850. The van der Waals surface area contributed by atoms with Gasteiger partial charge in [0.25, 0.3) is 0 Å². The molecule has 1 aliphatic rings. The predicted octanol–water partition coefficient (Wildman–Crippen LogP) is 3.90. The molecule has 1 aliphatic carbocycles. The first-order chi connectivity index (χ1) is 6.97. The Kier molecular flexibility index (Phi) is 3.90. The molecule has 84 valence electrons. The number of carbonyl (C=O) groups excluding carboxylic acids is 1. The summed E-state index contributed by atoms with van der Waals surface area (Å²) in [4.78, 5) is 10.6. The molecule has 0 aromatic carbocycles. The van der Waals surface area contributed by atoms with E-state index < -0.39 is 0 Å². The van der Waals surface area contributed by atoms with Crippen LogP contribution in [0.3, 0.4) is 0 Å². The molecule has 1 nitrogen and oxygen atoms in total. The molecule has 0 aromatic rings. The van der Waals surface area contributed by atoms with E-state index in [1.54, 1.807) is 0 Å². The molecule has 0 heterocycles. The molecular weight excluding hydrogens is 184 g/mol. The fraction of sp³-hybridized carbons (Fsp3) is 0.643. The number of allylic oxidation sites excluding steroid dienone is 4. The van der Waals surface area contributed by atoms with Crippen LogP contribution in [0.4, 0.5) is 0 Å². The van der Waals surface area contributed by atoms with E-state index in [2.05, 4.69) is 26.8 Å². The van der Waals surface area contributed by atoms with Gasteiger partial charge in [-0.05, 0) is 37.2 Å². The van der Waals surface area contributed by atoms with Crippen molar-refractivity contribution in [3.63, 3.8) is 0 Å². The van der Waals surface area contributed by atoms with Gasteiger partial charge in [-0.15, -0.1) is 0 Å². The second-order valence-electron chi connectivity index (χ2n) is 5.29. The van der Waals surface area contributed by atoms with Gasteiger partial charge in [-0.2, -0.15) is 0 Å². The summed E-state index contributed by atoms with van der Waals surface area (Å²) in [5, 5.41) is 0. The van der Waals surface area contributed by atoms with Crippen molar-refractivity contribution in [3.8, 4) is 0 Å². The van der Waals surface area contributed by atoms with Crippen molar-refractivity contribution < 1.29 is 4.79 Å². The number of aldehydes is 1. The molecular formula is C14H22O. The van der Waals surface area contributed by atoms with Crippen molar-refractivity contribution in [2.24, 2.45) is 11.3 Å². The standard InChI is InChI=1S/C14H22O/c1-11(10-15)7-8-13-12(2)6-5-9-14(13,3)4/h7-8,10-11H,5-6,9H2,1-4H3. The fourth-order valence-corrected chi connectivity index (χ4v) is 2.30. The van der Waals surface area contributed by atoms with Gasteiger partial charge in [0, 0.05) is 5.92 Å². The Balaban J connectivity index is 2.89. The Bertz CT molecular complexity index is 294. The van der Waals surface area contributed by atoms with Gasteiger partial charge in [-0.25, -0.2) is 0 Å². The minimum Gasteiger partial charge on any atom is -0.303 e. The maximum atomic E-state index is 10.6. The molecule has 0 bridgehead atoms. The zero-order valence-electron chi connectivity index (χ0n) is 10.3. The van der Waals surface area contributed by atoms with E-state index in [-0.39, 0.29) is 11.3 Å². The molecule has 1 rings (SSSR count). The van der Waals surface area contributed by atoms with E-state index in [1.165, 1.54) is 30.4 Å².